The van der Waals surface area contributed by atoms with Gasteiger partial charge in [0.15, 0.2) is 5.58 Å². The summed E-state index contributed by atoms with van der Waals surface area (Å²) in [6.45, 7) is 3.91. The smallest absolute Gasteiger partial charge is 0.273 e. The molecule has 1 aromatic heterocycles. The highest BCUT2D eigenvalue weighted by molar-refractivity contribution is 5.88. The number of nitro groups is 1. The molecule has 0 aliphatic heterocycles. The van der Waals surface area contributed by atoms with Crippen LogP contribution in [0.3, 0.4) is 0 Å². The van der Waals surface area contributed by atoms with Gasteiger partial charge in [-0.1, -0.05) is 17.9 Å². The first-order chi connectivity index (χ1) is 14.9. The summed E-state index contributed by atoms with van der Waals surface area (Å²) in [4.78, 5) is 19.4. The monoisotopic (exact) mass is 416 g/mol. The zero-order chi connectivity index (χ0) is 22.0. The van der Waals surface area contributed by atoms with Crippen LogP contribution < -0.4 is 9.84 Å². The number of rotatable bonds is 6. The average Bonchev–Trinajstić information content (AvgIpc) is 3.17. The third-order valence-electron chi connectivity index (χ3n) is 4.57. The van der Waals surface area contributed by atoms with Crippen molar-refractivity contribution in [2.24, 2.45) is 4.99 Å². The van der Waals surface area contributed by atoms with E-state index < -0.39 is 10.7 Å². The van der Waals surface area contributed by atoms with Crippen molar-refractivity contribution in [2.45, 2.75) is 13.8 Å². The van der Waals surface area contributed by atoms with Gasteiger partial charge in [-0.3, -0.25) is 15.1 Å². The van der Waals surface area contributed by atoms with Crippen LogP contribution in [-0.2, 0) is 0 Å². The number of non-ortho nitro benzene ring substituents is 1. The van der Waals surface area contributed by atoms with E-state index in [9.17, 15) is 15.2 Å². The van der Waals surface area contributed by atoms with Crippen molar-refractivity contribution in [1.29, 1.82) is 0 Å². The van der Waals surface area contributed by atoms with Gasteiger partial charge >= 0.3 is 0 Å². The first-order valence-corrected chi connectivity index (χ1v) is 9.58. The zero-order valence-electron chi connectivity index (χ0n) is 16.9. The van der Waals surface area contributed by atoms with Crippen molar-refractivity contribution in [3.05, 3.63) is 75.8 Å². The third kappa shape index (κ3) is 4.23. The summed E-state index contributed by atoms with van der Waals surface area (Å²) in [6.07, 6.45) is 1.30. The van der Waals surface area contributed by atoms with Gasteiger partial charge in [-0.05, 0) is 55.3 Å². The number of oxazole rings is 1. The summed E-state index contributed by atoms with van der Waals surface area (Å²) in [7, 11) is 0. The molecule has 0 fully saturated rings. The second kappa shape index (κ2) is 8.27. The van der Waals surface area contributed by atoms with Gasteiger partial charge in [0.05, 0.1) is 23.3 Å². The first kappa shape index (κ1) is 20.1. The Balaban J connectivity index is 1.68. The van der Waals surface area contributed by atoms with E-state index in [0.717, 1.165) is 22.7 Å². The van der Waals surface area contributed by atoms with Gasteiger partial charge in [0.1, 0.15) is 11.3 Å². The molecule has 0 saturated carbocycles. The molecule has 0 amide bonds. The van der Waals surface area contributed by atoms with Crippen molar-refractivity contribution in [3.8, 4) is 23.0 Å². The van der Waals surface area contributed by atoms with E-state index >= 15 is 0 Å². The quantitative estimate of drug-likeness (QED) is 0.250. The summed E-state index contributed by atoms with van der Waals surface area (Å²) in [5.41, 5.74) is 3.63. The Morgan fingerprint density at radius 1 is 1.19 bits per heavy atom. The molecular formula is C23H18N3O5-. The molecule has 4 aromatic rings. The van der Waals surface area contributed by atoms with Crippen molar-refractivity contribution in [2.75, 3.05) is 6.61 Å². The van der Waals surface area contributed by atoms with Crippen molar-refractivity contribution < 1.29 is 19.2 Å². The van der Waals surface area contributed by atoms with Crippen molar-refractivity contribution >= 4 is 28.7 Å². The fourth-order valence-electron chi connectivity index (χ4n) is 3.10. The number of hydrogen-bond donors (Lipinski definition) is 0. The predicted octanol–water partition coefficient (Wildman–Crippen LogP) is 4.93. The van der Waals surface area contributed by atoms with E-state index in [-0.39, 0.29) is 23.6 Å². The normalized spacial score (nSPS) is 11.3. The Kier molecular flexibility index (Phi) is 5.36. The van der Waals surface area contributed by atoms with Crippen molar-refractivity contribution in [1.82, 2.24) is 4.98 Å². The van der Waals surface area contributed by atoms with E-state index in [1.165, 1.54) is 12.3 Å². The molecule has 0 aliphatic carbocycles. The van der Waals surface area contributed by atoms with Crippen LogP contribution in [0, 0.1) is 17.0 Å². The van der Waals surface area contributed by atoms with Crippen LogP contribution in [0.1, 0.15) is 18.1 Å². The molecule has 1 heterocycles. The molecule has 0 N–H and O–H groups in total. The van der Waals surface area contributed by atoms with Gasteiger partial charge in [0.2, 0.25) is 5.89 Å². The molecule has 0 saturated heterocycles. The van der Waals surface area contributed by atoms with Gasteiger partial charge in [0, 0.05) is 17.8 Å². The molecule has 4 rings (SSSR count). The van der Waals surface area contributed by atoms with Crippen LogP contribution in [0.25, 0.3) is 22.6 Å². The molecular weight excluding hydrogens is 398 g/mol. The molecule has 0 spiro atoms. The number of aryl methyl sites for hydroxylation is 1. The van der Waals surface area contributed by atoms with Gasteiger partial charge in [-0.25, -0.2) is 4.98 Å². The summed E-state index contributed by atoms with van der Waals surface area (Å²) in [5.74, 6) is -0.0773. The second-order valence-corrected chi connectivity index (χ2v) is 6.85. The Labute approximate surface area is 177 Å². The molecule has 0 aliphatic rings. The SMILES string of the molecule is CCOc1cc([N+](=O)[O-])cc(C=Nc2cccc(-c3nc4cc(C)ccc4o3)c2)c1[O-]. The molecule has 8 heteroatoms. The number of benzene rings is 3. The highest BCUT2D eigenvalue weighted by Crippen LogP contribution is 2.32. The number of nitro benzene ring substituents is 1. The molecule has 8 nitrogen and oxygen atoms in total. The fraction of sp³-hybridized carbons (Fsp3) is 0.130. The van der Waals surface area contributed by atoms with E-state index in [2.05, 4.69) is 9.98 Å². The lowest BCUT2D eigenvalue weighted by Gasteiger charge is -2.16. The molecule has 0 radical (unpaired) electrons. The number of aliphatic imine (C=N–C) groups is 1. The average molecular weight is 416 g/mol. The summed E-state index contributed by atoms with van der Waals surface area (Å²) < 4.78 is 11.1. The van der Waals surface area contributed by atoms with Crippen LogP contribution in [0.4, 0.5) is 11.4 Å². The van der Waals surface area contributed by atoms with Gasteiger partial charge in [-0.2, -0.15) is 0 Å². The number of ether oxygens (including phenoxy) is 1. The highest BCUT2D eigenvalue weighted by Gasteiger charge is 2.12. The second-order valence-electron chi connectivity index (χ2n) is 6.85. The lowest BCUT2D eigenvalue weighted by Crippen LogP contribution is -2.04. The van der Waals surface area contributed by atoms with E-state index in [1.807, 2.05) is 31.2 Å². The summed E-state index contributed by atoms with van der Waals surface area (Å²) in [6, 6.07) is 15.2. The Bertz CT molecular complexity index is 1310. The topological polar surface area (TPSA) is 114 Å². The summed E-state index contributed by atoms with van der Waals surface area (Å²) >= 11 is 0. The van der Waals surface area contributed by atoms with Crippen LogP contribution in [0.15, 0.2) is 64.0 Å². The number of nitrogens with zero attached hydrogens (tertiary/aromatic N) is 3. The number of fused-ring (bicyclic) bond motifs is 1. The summed E-state index contributed by atoms with van der Waals surface area (Å²) in [5, 5.41) is 23.7. The maximum Gasteiger partial charge on any atom is 0.273 e. The lowest BCUT2D eigenvalue weighted by atomic mass is 10.1. The zero-order valence-corrected chi connectivity index (χ0v) is 16.9. The minimum Gasteiger partial charge on any atom is -0.870 e. The standard InChI is InChI=1S/C23H19N3O5/c1-3-30-21-12-18(26(28)29)11-16(22(21)27)13-24-17-6-4-5-15(10-17)23-25-19-9-14(2)7-8-20(19)31-23/h4-13,27H,3H2,1-2H3/p-1. The molecule has 0 bridgehead atoms. The molecule has 31 heavy (non-hydrogen) atoms. The largest absolute Gasteiger partial charge is 0.870 e. The molecule has 3 aromatic carbocycles. The van der Waals surface area contributed by atoms with Gasteiger partial charge in [0.25, 0.3) is 5.69 Å². The minimum absolute atomic E-state index is 0.0698. The lowest BCUT2D eigenvalue weighted by molar-refractivity contribution is -0.385. The van der Waals surface area contributed by atoms with Gasteiger partial charge in [-0.15, -0.1) is 0 Å². The van der Waals surface area contributed by atoms with Crippen molar-refractivity contribution in [3.63, 3.8) is 0 Å². The Morgan fingerprint density at radius 2 is 2.03 bits per heavy atom. The van der Waals surface area contributed by atoms with E-state index in [1.54, 1.807) is 25.1 Å². The van der Waals surface area contributed by atoms with Crippen LogP contribution in [0.2, 0.25) is 0 Å². The van der Waals surface area contributed by atoms with Crippen LogP contribution in [-0.4, -0.2) is 22.7 Å². The predicted molar refractivity (Wildman–Crippen MR) is 115 cm³/mol. The van der Waals surface area contributed by atoms with Crippen LogP contribution >= 0.6 is 0 Å². The maximum absolute atomic E-state index is 12.5. The number of aromatic nitrogens is 1. The minimum atomic E-state index is -0.575. The maximum atomic E-state index is 12.5. The van der Waals surface area contributed by atoms with E-state index in [4.69, 9.17) is 9.15 Å². The van der Waals surface area contributed by atoms with Gasteiger partial charge < -0.3 is 14.3 Å². The molecule has 0 atom stereocenters. The Hall–Kier alpha value is -4.20. The fourth-order valence-corrected chi connectivity index (χ4v) is 3.10. The van der Waals surface area contributed by atoms with Crippen LogP contribution in [0.5, 0.6) is 11.5 Å². The van der Waals surface area contributed by atoms with E-state index in [0.29, 0.717) is 17.2 Å². The molecule has 156 valence electrons. The molecule has 0 unspecified atom stereocenters. The first-order valence-electron chi connectivity index (χ1n) is 9.58. The Morgan fingerprint density at radius 3 is 2.81 bits per heavy atom. The highest BCUT2D eigenvalue weighted by atomic mass is 16.6. The number of hydrogen-bond acceptors (Lipinski definition) is 7. The third-order valence-corrected chi connectivity index (χ3v) is 4.57.